The van der Waals surface area contributed by atoms with Crippen molar-refractivity contribution in [1.82, 2.24) is 19.7 Å². The Morgan fingerprint density at radius 1 is 1.22 bits per heavy atom. The first kappa shape index (κ1) is 12.0. The van der Waals surface area contributed by atoms with Crippen molar-refractivity contribution in [1.29, 1.82) is 0 Å². The summed E-state index contributed by atoms with van der Waals surface area (Å²) >= 11 is 0. The van der Waals surface area contributed by atoms with E-state index in [0.717, 1.165) is 23.3 Å². The Kier molecular flexibility index (Phi) is 2.73. The highest BCUT2D eigenvalue weighted by Crippen LogP contribution is 2.28. The molecular formula is C9H5F3N4O2. The van der Waals surface area contributed by atoms with Gasteiger partial charge in [0.25, 0.3) is 0 Å². The van der Waals surface area contributed by atoms with Gasteiger partial charge in [0.1, 0.15) is 0 Å². The van der Waals surface area contributed by atoms with E-state index in [9.17, 15) is 18.0 Å². The van der Waals surface area contributed by atoms with Gasteiger partial charge in [-0.2, -0.15) is 18.3 Å². The Morgan fingerprint density at radius 2 is 1.83 bits per heavy atom. The van der Waals surface area contributed by atoms with Crippen molar-refractivity contribution < 1.29 is 23.1 Å². The lowest BCUT2D eigenvalue weighted by molar-refractivity contribution is -0.137. The van der Waals surface area contributed by atoms with E-state index < -0.39 is 17.7 Å². The Morgan fingerprint density at radius 3 is 2.28 bits per heavy atom. The highest BCUT2D eigenvalue weighted by atomic mass is 19.4. The van der Waals surface area contributed by atoms with E-state index in [1.165, 1.54) is 0 Å². The van der Waals surface area contributed by atoms with Crippen LogP contribution in [0.15, 0.2) is 24.8 Å². The standard InChI is InChI=1S/C9H5F3N4O2/c10-9(11,12)6-3-15-16(4-6)8-13-1-5(2-14-8)7(17)18/h1-4H,(H,17,18). The second kappa shape index (κ2) is 4.09. The van der Waals surface area contributed by atoms with Crippen LogP contribution in [0, 0.1) is 0 Å². The van der Waals surface area contributed by atoms with Crippen LogP contribution in [0.1, 0.15) is 15.9 Å². The second-order valence-electron chi connectivity index (χ2n) is 3.25. The third-order valence-corrected chi connectivity index (χ3v) is 2.00. The monoisotopic (exact) mass is 258 g/mol. The molecule has 0 aromatic carbocycles. The molecule has 2 heterocycles. The van der Waals surface area contributed by atoms with Crippen LogP contribution in [0.4, 0.5) is 13.2 Å². The number of nitrogens with zero attached hydrogens (tertiary/aromatic N) is 4. The molecule has 0 saturated heterocycles. The number of carboxylic acid groups (broad SMARTS) is 1. The molecule has 9 heteroatoms. The maximum atomic E-state index is 12.3. The van der Waals surface area contributed by atoms with E-state index in [2.05, 4.69) is 15.1 Å². The van der Waals surface area contributed by atoms with Crippen LogP contribution < -0.4 is 0 Å². The molecule has 0 unspecified atom stereocenters. The normalized spacial score (nSPS) is 11.5. The van der Waals surface area contributed by atoms with Crippen molar-refractivity contribution in [2.75, 3.05) is 0 Å². The number of carboxylic acids is 1. The summed E-state index contributed by atoms with van der Waals surface area (Å²) in [5, 5.41) is 12.1. The van der Waals surface area contributed by atoms with E-state index in [1.54, 1.807) is 0 Å². The molecule has 0 radical (unpaired) electrons. The summed E-state index contributed by atoms with van der Waals surface area (Å²) in [6.45, 7) is 0. The highest BCUT2D eigenvalue weighted by Gasteiger charge is 2.32. The Bertz CT molecular complexity index is 576. The molecule has 0 atom stereocenters. The lowest BCUT2D eigenvalue weighted by Crippen LogP contribution is -2.06. The van der Waals surface area contributed by atoms with Crippen molar-refractivity contribution in [3.63, 3.8) is 0 Å². The fraction of sp³-hybridized carbons (Fsp3) is 0.111. The van der Waals surface area contributed by atoms with Crippen LogP contribution in [-0.4, -0.2) is 30.8 Å². The minimum absolute atomic E-state index is 0.143. The zero-order valence-electron chi connectivity index (χ0n) is 8.59. The molecule has 0 aliphatic heterocycles. The van der Waals surface area contributed by atoms with Gasteiger partial charge in [-0.15, -0.1) is 0 Å². The van der Waals surface area contributed by atoms with Gasteiger partial charge < -0.3 is 5.11 Å². The Labute approximate surface area is 97.7 Å². The van der Waals surface area contributed by atoms with Crippen molar-refractivity contribution in [3.05, 3.63) is 35.9 Å². The van der Waals surface area contributed by atoms with Crippen LogP contribution in [0.3, 0.4) is 0 Å². The number of hydrogen-bond donors (Lipinski definition) is 1. The van der Waals surface area contributed by atoms with Crippen LogP contribution >= 0.6 is 0 Å². The van der Waals surface area contributed by atoms with E-state index in [0.29, 0.717) is 6.20 Å². The first-order valence-electron chi connectivity index (χ1n) is 4.55. The van der Waals surface area contributed by atoms with Crippen molar-refractivity contribution in [2.45, 2.75) is 6.18 Å². The first-order chi connectivity index (χ1) is 8.38. The molecule has 2 rings (SSSR count). The minimum atomic E-state index is -4.50. The molecule has 18 heavy (non-hydrogen) atoms. The highest BCUT2D eigenvalue weighted by molar-refractivity contribution is 5.86. The number of halogens is 3. The molecule has 94 valence electrons. The maximum Gasteiger partial charge on any atom is 0.419 e. The van der Waals surface area contributed by atoms with Gasteiger partial charge in [0.2, 0.25) is 5.95 Å². The van der Waals surface area contributed by atoms with Crippen LogP contribution in [0.25, 0.3) is 5.95 Å². The third kappa shape index (κ3) is 2.29. The topological polar surface area (TPSA) is 80.9 Å². The van der Waals surface area contributed by atoms with Crippen LogP contribution in [-0.2, 0) is 6.18 Å². The second-order valence-corrected chi connectivity index (χ2v) is 3.25. The fourth-order valence-electron chi connectivity index (χ4n) is 1.13. The molecule has 0 saturated carbocycles. The van der Waals surface area contributed by atoms with Gasteiger partial charge in [0.15, 0.2) is 0 Å². The summed E-state index contributed by atoms with van der Waals surface area (Å²) in [4.78, 5) is 17.7. The molecule has 1 N–H and O–H groups in total. The van der Waals surface area contributed by atoms with Gasteiger partial charge in [-0.1, -0.05) is 0 Å². The SMILES string of the molecule is O=C(O)c1cnc(-n2cc(C(F)(F)F)cn2)nc1. The summed E-state index contributed by atoms with van der Waals surface area (Å²) in [6, 6.07) is 0. The summed E-state index contributed by atoms with van der Waals surface area (Å²) in [5.41, 5.74) is -1.10. The first-order valence-corrected chi connectivity index (χ1v) is 4.55. The molecule has 0 fully saturated rings. The summed E-state index contributed by atoms with van der Waals surface area (Å²) < 4.78 is 37.8. The third-order valence-electron chi connectivity index (χ3n) is 2.00. The zero-order chi connectivity index (χ0) is 13.3. The molecule has 0 aliphatic carbocycles. The fourth-order valence-corrected chi connectivity index (χ4v) is 1.13. The Hall–Kier alpha value is -2.45. The maximum absolute atomic E-state index is 12.3. The Balaban J connectivity index is 2.32. The van der Waals surface area contributed by atoms with Crippen molar-refractivity contribution in [2.24, 2.45) is 0 Å². The molecule has 0 aliphatic rings. The number of alkyl halides is 3. The minimum Gasteiger partial charge on any atom is -0.478 e. The van der Waals surface area contributed by atoms with Crippen molar-refractivity contribution in [3.8, 4) is 5.95 Å². The van der Waals surface area contributed by atoms with Gasteiger partial charge in [0.05, 0.1) is 17.3 Å². The van der Waals surface area contributed by atoms with Gasteiger partial charge in [-0.25, -0.2) is 19.4 Å². The lowest BCUT2D eigenvalue weighted by atomic mass is 10.3. The smallest absolute Gasteiger partial charge is 0.419 e. The quantitative estimate of drug-likeness (QED) is 0.880. The van der Waals surface area contributed by atoms with Gasteiger partial charge in [-0.05, 0) is 0 Å². The van der Waals surface area contributed by atoms with Gasteiger partial charge in [0, 0.05) is 18.6 Å². The molecule has 0 amide bonds. The average Bonchev–Trinajstić information content (AvgIpc) is 2.78. The number of carbonyl (C=O) groups is 1. The van der Waals surface area contributed by atoms with Gasteiger partial charge in [-0.3, -0.25) is 0 Å². The number of rotatable bonds is 2. The molecule has 0 bridgehead atoms. The molecule has 2 aromatic heterocycles. The van der Waals surface area contributed by atoms with E-state index in [4.69, 9.17) is 5.11 Å². The van der Waals surface area contributed by atoms with E-state index in [-0.39, 0.29) is 11.5 Å². The summed E-state index contributed by atoms with van der Waals surface area (Å²) in [5.74, 6) is -1.37. The summed E-state index contributed by atoms with van der Waals surface area (Å²) in [7, 11) is 0. The molecule has 2 aromatic rings. The number of aromatic nitrogens is 4. The number of hydrogen-bond acceptors (Lipinski definition) is 4. The largest absolute Gasteiger partial charge is 0.478 e. The molecular weight excluding hydrogens is 253 g/mol. The van der Waals surface area contributed by atoms with E-state index in [1.807, 2.05) is 0 Å². The average molecular weight is 258 g/mol. The van der Waals surface area contributed by atoms with Crippen LogP contribution in [0.2, 0.25) is 0 Å². The van der Waals surface area contributed by atoms with Gasteiger partial charge >= 0.3 is 12.1 Å². The predicted octanol–water partition coefficient (Wildman–Crippen LogP) is 1.38. The predicted molar refractivity (Wildman–Crippen MR) is 51.1 cm³/mol. The molecule has 0 spiro atoms. The molecule has 6 nitrogen and oxygen atoms in total. The zero-order valence-corrected chi connectivity index (χ0v) is 8.59. The summed E-state index contributed by atoms with van der Waals surface area (Å²) in [6.07, 6.45) is -1.18. The van der Waals surface area contributed by atoms with Crippen molar-refractivity contribution >= 4 is 5.97 Å². The van der Waals surface area contributed by atoms with Crippen LogP contribution in [0.5, 0.6) is 0 Å². The number of aromatic carboxylic acids is 1. The lowest BCUT2D eigenvalue weighted by Gasteiger charge is -2.01. The van der Waals surface area contributed by atoms with E-state index >= 15 is 0 Å².